The summed E-state index contributed by atoms with van der Waals surface area (Å²) in [6.45, 7) is 1.30. The molecule has 0 amide bonds. The van der Waals surface area contributed by atoms with Crippen LogP contribution in [0, 0.1) is 5.82 Å². The molecule has 15 heavy (non-hydrogen) atoms. The molecule has 0 saturated heterocycles. The van der Waals surface area contributed by atoms with Crippen molar-refractivity contribution in [3.63, 3.8) is 0 Å². The number of halogens is 2. The van der Waals surface area contributed by atoms with Gasteiger partial charge in [0, 0.05) is 6.54 Å². The number of hydrogen-bond acceptors (Lipinski definition) is 3. The number of para-hydroxylation sites is 1. The molecule has 2 heterocycles. The fourth-order valence-electron chi connectivity index (χ4n) is 1.86. The first-order chi connectivity index (χ1) is 7.27. The minimum absolute atomic E-state index is 0.282. The van der Waals surface area contributed by atoms with Crippen molar-refractivity contribution in [3.05, 3.63) is 24.0 Å². The van der Waals surface area contributed by atoms with Crippen LogP contribution in [0.15, 0.2) is 28.2 Å². The maximum Gasteiger partial charge on any atom is 0.172 e. The Hall–Kier alpha value is -1.42. The third-order valence-corrected chi connectivity index (χ3v) is 2.73. The second-order valence-electron chi connectivity index (χ2n) is 3.37. The van der Waals surface area contributed by atoms with E-state index in [2.05, 4.69) is 9.98 Å². The Morgan fingerprint density at radius 2 is 2.27 bits per heavy atom. The molecule has 1 aromatic rings. The number of benzene rings is 1. The highest BCUT2D eigenvalue weighted by molar-refractivity contribution is 6.85. The number of aliphatic imine (C=N–C) groups is 2. The van der Waals surface area contributed by atoms with E-state index >= 15 is 0 Å². The predicted octanol–water partition coefficient (Wildman–Crippen LogP) is 2.33. The third-order valence-electron chi connectivity index (χ3n) is 2.48. The van der Waals surface area contributed by atoms with Crippen LogP contribution in [0.3, 0.4) is 0 Å². The van der Waals surface area contributed by atoms with Crippen molar-refractivity contribution in [3.8, 4) is 0 Å². The number of fused-ring (bicyclic) bond motifs is 3. The minimum atomic E-state index is -0.282. The quantitative estimate of drug-likeness (QED) is 0.664. The Kier molecular flexibility index (Phi) is 1.79. The van der Waals surface area contributed by atoms with Gasteiger partial charge in [0.1, 0.15) is 11.5 Å². The van der Waals surface area contributed by atoms with Crippen LogP contribution >= 0.6 is 11.6 Å². The molecule has 3 nitrogen and oxygen atoms in total. The van der Waals surface area contributed by atoms with Crippen molar-refractivity contribution in [1.82, 2.24) is 0 Å². The molecule has 0 radical (unpaired) electrons. The van der Waals surface area contributed by atoms with E-state index in [1.807, 2.05) is 0 Å². The summed E-state index contributed by atoms with van der Waals surface area (Å²) in [5.41, 5.74) is 1.05. The topological polar surface area (TPSA) is 28.0 Å². The van der Waals surface area contributed by atoms with E-state index in [-0.39, 0.29) is 5.82 Å². The van der Waals surface area contributed by atoms with Crippen molar-refractivity contribution in [2.45, 2.75) is 0 Å². The molecule has 2 aliphatic heterocycles. The van der Waals surface area contributed by atoms with Crippen LogP contribution in [-0.4, -0.2) is 24.1 Å². The Labute approximate surface area is 90.9 Å². The molecule has 2 aliphatic rings. The standard InChI is InChI=1S/C10H7ClFN3/c11-9-10-13-4-5-15(10)8-6(12)2-1-3-7(8)14-9/h1-3H,4-5H2. The summed E-state index contributed by atoms with van der Waals surface area (Å²) in [4.78, 5) is 10.1. The molecule has 1 aromatic carbocycles. The van der Waals surface area contributed by atoms with Crippen molar-refractivity contribution >= 4 is 34.0 Å². The molecule has 0 aliphatic carbocycles. The zero-order chi connectivity index (χ0) is 10.4. The van der Waals surface area contributed by atoms with Gasteiger partial charge in [-0.05, 0) is 12.1 Å². The first kappa shape index (κ1) is 8.85. The van der Waals surface area contributed by atoms with Gasteiger partial charge in [-0.15, -0.1) is 0 Å². The largest absolute Gasteiger partial charge is 0.318 e. The number of rotatable bonds is 0. The molecule has 0 spiro atoms. The molecular formula is C10H7ClFN3. The lowest BCUT2D eigenvalue weighted by Gasteiger charge is -2.25. The van der Waals surface area contributed by atoms with Gasteiger partial charge in [-0.3, -0.25) is 4.99 Å². The molecule has 0 bridgehead atoms. The lowest BCUT2D eigenvalue weighted by atomic mass is 10.2. The Balaban J connectivity index is 2.28. The number of nitrogens with zero attached hydrogens (tertiary/aromatic N) is 3. The van der Waals surface area contributed by atoms with Crippen molar-refractivity contribution < 1.29 is 4.39 Å². The maximum atomic E-state index is 13.6. The van der Waals surface area contributed by atoms with Crippen LogP contribution < -0.4 is 4.90 Å². The molecule has 5 heteroatoms. The second kappa shape index (κ2) is 3.03. The molecule has 0 N–H and O–H groups in total. The minimum Gasteiger partial charge on any atom is -0.318 e. The maximum absolute atomic E-state index is 13.6. The molecule has 0 saturated carbocycles. The molecule has 76 valence electrons. The van der Waals surface area contributed by atoms with E-state index in [0.29, 0.717) is 35.5 Å². The van der Waals surface area contributed by atoms with Crippen molar-refractivity contribution in [2.24, 2.45) is 9.98 Å². The molecule has 0 fully saturated rings. The van der Waals surface area contributed by atoms with Crippen LogP contribution in [0.2, 0.25) is 0 Å². The fourth-order valence-corrected chi connectivity index (χ4v) is 2.11. The summed E-state index contributed by atoms with van der Waals surface area (Å²) in [5.74, 6) is 0.296. The summed E-state index contributed by atoms with van der Waals surface area (Å²) >= 11 is 5.95. The molecule has 3 rings (SSSR count). The number of hydrogen-bond donors (Lipinski definition) is 0. The first-order valence-corrected chi connectivity index (χ1v) is 5.00. The van der Waals surface area contributed by atoms with E-state index in [9.17, 15) is 4.39 Å². The predicted molar refractivity (Wildman–Crippen MR) is 59.0 cm³/mol. The lowest BCUT2D eigenvalue weighted by molar-refractivity contribution is 0.627. The van der Waals surface area contributed by atoms with E-state index in [0.717, 1.165) is 0 Å². The van der Waals surface area contributed by atoms with E-state index < -0.39 is 0 Å². The average Bonchev–Trinajstić information content (AvgIpc) is 2.66. The molecule has 0 atom stereocenters. The highest BCUT2D eigenvalue weighted by atomic mass is 35.5. The molecule has 0 unspecified atom stereocenters. The SMILES string of the molecule is Fc1cccc2c1N1CCN=C1C(Cl)=N2. The highest BCUT2D eigenvalue weighted by Gasteiger charge is 2.30. The van der Waals surface area contributed by atoms with Gasteiger partial charge in [-0.1, -0.05) is 17.7 Å². The summed E-state index contributed by atoms with van der Waals surface area (Å²) in [7, 11) is 0. The summed E-state index contributed by atoms with van der Waals surface area (Å²) in [6, 6.07) is 4.79. The normalized spacial score (nSPS) is 18.1. The van der Waals surface area contributed by atoms with Gasteiger partial charge in [0.15, 0.2) is 11.0 Å². The summed E-state index contributed by atoms with van der Waals surface area (Å²) in [5, 5.41) is 0.339. The van der Waals surface area contributed by atoms with E-state index in [1.165, 1.54) is 6.07 Å². The van der Waals surface area contributed by atoms with Crippen LogP contribution in [0.25, 0.3) is 0 Å². The Bertz CT molecular complexity index is 495. The zero-order valence-corrected chi connectivity index (χ0v) is 8.50. The highest BCUT2D eigenvalue weighted by Crippen LogP contribution is 2.36. The van der Waals surface area contributed by atoms with Gasteiger partial charge in [0.05, 0.1) is 12.2 Å². The van der Waals surface area contributed by atoms with Gasteiger partial charge >= 0.3 is 0 Å². The van der Waals surface area contributed by atoms with Gasteiger partial charge < -0.3 is 4.90 Å². The average molecular weight is 224 g/mol. The summed E-state index contributed by atoms with van der Waals surface area (Å²) < 4.78 is 13.6. The molecule has 0 aromatic heterocycles. The van der Waals surface area contributed by atoms with E-state index in [1.54, 1.807) is 17.0 Å². The summed E-state index contributed by atoms with van der Waals surface area (Å²) in [6.07, 6.45) is 0. The number of anilines is 1. The van der Waals surface area contributed by atoms with Crippen LogP contribution in [0.4, 0.5) is 15.8 Å². The van der Waals surface area contributed by atoms with E-state index in [4.69, 9.17) is 11.6 Å². The van der Waals surface area contributed by atoms with Gasteiger partial charge in [-0.2, -0.15) is 0 Å². The van der Waals surface area contributed by atoms with Crippen LogP contribution in [0.5, 0.6) is 0 Å². The molecular weight excluding hydrogens is 217 g/mol. The van der Waals surface area contributed by atoms with Crippen LogP contribution in [-0.2, 0) is 0 Å². The van der Waals surface area contributed by atoms with Gasteiger partial charge in [0.25, 0.3) is 0 Å². The number of amidine groups is 1. The Morgan fingerprint density at radius 1 is 1.40 bits per heavy atom. The lowest BCUT2D eigenvalue weighted by Crippen LogP contribution is -2.34. The second-order valence-corrected chi connectivity index (χ2v) is 3.73. The van der Waals surface area contributed by atoms with Crippen molar-refractivity contribution in [2.75, 3.05) is 18.0 Å². The van der Waals surface area contributed by atoms with Gasteiger partial charge in [-0.25, -0.2) is 9.38 Å². The van der Waals surface area contributed by atoms with Gasteiger partial charge in [0.2, 0.25) is 0 Å². The fraction of sp³-hybridized carbons (Fsp3) is 0.200. The van der Waals surface area contributed by atoms with Crippen LogP contribution in [0.1, 0.15) is 0 Å². The van der Waals surface area contributed by atoms with Crippen molar-refractivity contribution in [1.29, 1.82) is 0 Å². The third kappa shape index (κ3) is 1.18. The zero-order valence-electron chi connectivity index (χ0n) is 7.74. The smallest absolute Gasteiger partial charge is 0.172 e. The monoisotopic (exact) mass is 223 g/mol. The Morgan fingerprint density at radius 3 is 3.13 bits per heavy atom. The first-order valence-electron chi connectivity index (χ1n) is 4.62.